The summed E-state index contributed by atoms with van der Waals surface area (Å²) in [6.45, 7) is 5.78. The molecule has 0 atom stereocenters. The number of nitrogens with zero attached hydrogens (tertiary/aromatic N) is 2. The summed E-state index contributed by atoms with van der Waals surface area (Å²) in [6, 6.07) is 12.2. The van der Waals surface area contributed by atoms with E-state index < -0.39 is 23.2 Å². The fourth-order valence-corrected chi connectivity index (χ4v) is 4.60. The molecule has 7 nitrogen and oxygen atoms in total. The monoisotopic (exact) mass is 478 g/mol. The Morgan fingerprint density at radius 3 is 2.50 bits per heavy atom. The average Bonchev–Trinajstić information content (AvgIpc) is 3.19. The van der Waals surface area contributed by atoms with Gasteiger partial charge in [-0.1, -0.05) is 36.8 Å². The quantitative estimate of drug-likeness (QED) is 0.409. The molecule has 0 aliphatic carbocycles. The van der Waals surface area contributed by atoms with Gasteiger partial charge in [0.2, 0.25) is 0 Å². The molecule has 0 saturated carbocycles. The van der Waals surface area contributed by atoms with E-state index in [-0.39, 0.29) is 15.5 Å². The summed E-state index contributed by atoms with van der Waals surface area (Å²) in [5.74, 6) is -1.63. The summed E-state index contributed by atoms with van der Waals surface area (Å²) >= 11 is 0.960. The summed E-state index contributed by atoms with van der Waals surface area (Å²) < 4.78 is 14.4. The number of benzene rings is 2. The molecular formula is C25H23FN4O3S. The first-order chi connectivity index (χ1) is 16.3. The van der Waals surface area contributed by atoms with Crippen molar-refractivity contribution >= 4 is 39.5 Å². The first-order valence-corrected chi connectivity index (χ1v) is 11.6. The van der Waals surface area contributed by atoms with Gasteiger partial charge in [-0.15, -0.1) is 0 Å². The van der Waals surface area contributed by atoms with Crippen LogP contribution in [0.1, 0.15) is 50.3 Å². The second-order valence-corrected chi connectivity index (χ2v) is 8.87. The zero-order chi connectivity index (χ0) is 24.4. The van der Waals surface area contributed by atoms with Gasteiger partial charge < -0.3 is 10.6 Å². The number of thiazole rings is 1. The second-order valence-electron chi connectivity index (χ2n) is 7.90. The molecule has 4 rings (SSSR count). The van der Waals surface area contributed by atoms with Crippen molar-refractivity contribution < 1.29 is 14.0 Å². The molecule has 0 aliphatic rings. The largest absolute Gasteiger partial charge is 0.321 e. The van der Waals surface area contributed by atoms with Crippen LogP contribution < -0.4 is 16.2 Å². The SMILES string of the molecule is CCCc1cc(=O)n2c(C(=O)Nc3cccc(C)c3C)c(C(=O)Nc3ccc(F)cc3)sc2n1. The summed E-state index contributed by atoms with van der Waals surface area (Å²) in [4.78, 5) is 44.4. The standard InChI is InChI=1S/C25H23FN4O3S/c1-4-6-18-13-20(31)30-21(23(32)29-19-8-5-7-14(2)15(19)3)22(34-25(30)28-18)24(33)27-17-11-9-16(26)10-12-17/h5,7-13H,4,6H2,1-3H3,(H,27,33)(H,29,32). The highest BCUT2D eigenvalue weighted by atomic mass is 32.1. The molecule has 2 aromatic heterocycles. The van der Waals surface area contributed by atoms with Crippen LogP contribution in [-0.2, 0) is 6.42 Å². The lowest BCUT2D eigenvalue weighted by Gasteiger charge is -2.11. The predicted octanol–water partition coefficient (Wildman–Crippen LogP) is 4.97. The molecule has 2 amide bonds. The summed E-state index contributed by atoms with van der Waals surface area (Å²) in [6.07, 6.45) is 1.40. The molecule has 0 unspecified atom stereocenters. The van der Waals surface area contributed by atoms with Crippen molar-refractivity contribution in [1.82, 2.24) is 9.38 Å². The summed E-state index contributed by atoms with van der Waals surface area (Å²) in [7, 11) is 0. The van der Waals surface area contributed by atoms with Crippen molar-refractivity contribution in [3.05, 3.63) is 92.1 Å². The third kappa shape index (κ3) is 4.60. The second kappa shape index (κ2) is 9.56. The van der Waals surface area contributed by atoms with Crippen LogP contribution in [0.4, 0.5) is 15.8 Å². The highest BCUT2D eigenvalue weighted by Gasteiger charge is 2.27. The molecule has 34 heavy (non-hydrogen) atoms. The minimum absolute atomic E-state index is 0.0328. The Morgan fingerprint density at radius 1 is 1.06 bits per heavy atom. The van der Waals surface area contributed by atoms with Crippen LogP contribution in [0.15, 0.2) is 53.3 Å². The van der Waals surface area contributed by atoms with Gasteiger partial charge in [0, 0.05) is 23.1 Å². The molecule has 2 aromatic carbocycles. The number of amides is 2. The molecule has 0 spiro atoms. The first-order valence-electron chi connectivity index (χ1n) is 10.8. The van der Waals surface area contributed by atoms with Crippen LogP contribution in [0.3, 0.4) is 0 Å². The number of hydrogen-bond donors (Lipinski definition) is 2. The maximum Gasteiger partial charge on any atom is 0.274 e. The van der Waals surface area contributed by atoms with E-state index >= 15 is 0 Å². The van der Waals surface area contributed by atoms with Gasteiger partial charge >= 0.3 is 0 Å². The molecule has 0 radical (unpaired) electrons. The smallest absolute Gasteiger partial charge is 0.274 e. The highest BCUT2D eigenvalue weighted by molar-refractivity contribution is 7.19. The third-order valence-electron chi connectivity index (χ3n) is 5.46. The maximum absolute atomic E-state index is 13.4. The van der Waals surface area contributed by atoms with Crippen molar-refractivity contribution in [2.24, 2.45) is 0 Å². The number of anilines is 2. The minimum atomic E-state index is -0.601. The van der Waals surface area contributed by atoms with Gasteiger partial charge in [-0.25, -0.2) is 13.8 Å². The van der Waals surface area contributed by atoms with Crippen molar-refractivity contribution in [3.8, 4) is 0 Å². The Kier molecular flexibility index (Phi) is 6.56. The van der Waals surface area contributed by atoms with Gasteiger partial charge in [-0.3, -0.25) is 14.4 Å². The number of halogens is 1. The van der Waals surface area contributed by atoms with Gasteiger partial charge in [-0.05, 0) is 61.7 Å². The number of carbonyl (C=O) groups is 2. The zero-order valence-corrected chi connectivity index (χ0v) is 19.8. The molecule has 2 heterocycles. The Morgan fingerprint density at radius 2 is 1.79 bits per heavy atom. The van der Waals surface area contributed by atoms with Crippen molar-refractivity contribution in [2.45, 2.75) is 33.6 Å². The van der Waals surface area contributed by atoms with E-state index in [1.54, 1.807) is 6.07 Å². The van der Waals surface area contributed by atoms with Crippen molar-refractivity contribution in [3.63, 3.8) is 0 Å². The molecule has 0 aliphatic heterocycles. The lowest BCUT2D eigenvalue weighted by atomic mass is 10.1. The molecule has 174 valence electrons. The van der Waals surface area contributed by atoms with Gasteiger partial charge in [0.25, 0.3) is 17.4 Å². The molecule has 0 saturated heterocycles. The van der Waals surface area contributed by atoms with Crippen LogP contribution in [0, 0.1) is 19.7 Å². The Balaban J connectivity index is 1.82. The van der Waals surface area contributed by atoms with Crippen molar-refractivity contribution in [2.75, 3.05) is 10.6 Å². The number of aromatic nitrogens is 2. The number of rotatable bonds is 6. The number of aryl methyl sites for hydroxylation is 2. The van der Waals surface area contributed by atoms with E-state index in [1.165, 1.54) is 34.7 Å². The minimum Gasteiger partial charge on any atom is -0.321 e. The molecule has 0 fully saturated rings. The lowest BCUT2D eigenvalue weighted by Crippen LogP contribution is -2.25. The average molecular weight is 479 g/mol. The maximum atomic E-state index is 13.4. The van der Waals surface area contributed by atoms with E-state index in [4.69, 9.17) is 0 Å². The molecule has 0 bridgehead atoms. The summed E-state index contributed by atoms with van der Waals surface area (Å²) in [5.41, 5.74) is 2.88. The van der Waals surface area contributed by atoms with Crippen LogP contribution >= 0.6 is 11.3 Å². The Labute approximate surface area is 199 Å². The number of nitrogens with one attached hydrogen (secondary N) is 2. The Bertz CT molecular complexity index is 1460. The van der Waals surface area contributed by atoms with Gasteiger partial charge in [0.1, 0.15) is 16.4 Å². The van der Waals surface area contributed by atoms with Gasteiger partial charge in [-0.2, -0.15) is 0 Å². The van der Waals surface area contributed by atoms with Crippen LogP contribution in [-0.4, -0.2) is 21.2 Å². The van der Waals surface area contributed by atoms with Crippen molar-refractivity contribution in [1.29, 1.82) is 0 Å². The molecule has 2 N–H and O–H groups in total. The van der Waals surface area contributed by atoms with E-state index in [2.05, 4.69) is 15.6 Å². The fourth-order valence-electron chi connectivity index (χ4n) is 3.55. The van der Waals surface area contributed by atoms with E-state index in [0.29, 0.717) is 23.5 Å². The third-order valence-corrected chi connectivity index (χ3v) is 6.49. The van der Waals surface area contributed by atoms with Crippen LogP contribution in [0.25, 0.3) is 4.96 Å². The fraction of sp³-hybridized carbons (Fsp3) is 0.200. The zero-order valence-electron chi connectivity index (χ0n) is 18.9. The normalized spacial score (nSPS) is 10.9. The molecular weight excluding hydrogens is 455 g/mol. The number of hydrogen-bond acceptors (Lipinski definition) is 5. The van der Waals surface area contributed by atoms with E-state index in [1.807, 2.05) is 32.9 Å². The van der Waals surface area contributed by atoms with Crippen LogP contribution in [0.2, 0.25) is 0 Å². The first kappa shape index (κ1) is 23.3. The topological polar surface area (TPSA) is 92.6 Å². The lowest BCUT2D eigenvalue weighted by molar-refractivity contribution is 0.0989. The molecule has 4 aromatic rings. The van der Waals surface area contributed by atoms with Gasteiger partial charge in [0.05, 0.1) is 0 Å². The predicted molar refractivity (Wildman–Crippen MR) is 132 cm³/mol. The summed E-state index contributed by atoms with van der Waals surface area (Å²) in [5, 5.41) is 5.50. The van der Waals surface area contributed by atoms with Crippen LogP contribution in [0.5, 0.6) is 0 Å². The van der Waals surface area contributed by atoms with E-state index in [9.17, 15) is 18.8 Å². The number of fused-ring (bicyclic) bond motifs is 1. The molecule has 9 heteroatoms. The van der Waals surface area contributed by atoms with Gasteiger partial charge in [0.15, 0.2) is 4.96 Å². The Hall–Kier alpha value is -3.85. The highest BCUT2D eigenvalue weighted by Crippen LogP contribution is 2.25. The van der Waals surface area contributed by atoms with E-state index in [0.717, 1.165) is 28.9 Å². The number of carbonyl (C=O) groups excluding carboxylic acids is 2.